The summed E-state index contributed by atoms with van der Waals surface area (Å²) in [6, 6.07) is 3.82. The number of hydrogen-bond acceptors (Lipinski definition) is 3. The van der Waals surface area contributed by atoms with Crippen molar-refractivity contribution in [2.75, 3.05) is 6.61 Å². The second-order valence-corrected chi connectivity index (χ2v) is 7.88. The van der Waals surface area contributed by atoms with Crippen LogP contribution in [0, 0.1) is 6.92 Å². The van der Waals surface area contributed by atoms with Gasteiger partial charge in [-0.2, -0.15) is 0 Å². The molecule has 1 amide bonds. The van der Waals surface area contributed by atoms with Crippen molar-refractivity contribution in [1.29, 1.82) is 0 Å². The van der Waals surface area contributed by atoms with Gasteiger partial charge >= 0.3 is 7.52 Å². The molecule has 5 heteroatoms. The van der Waals surface area contributed by atoms with E-state index in [0.717, 1.165) is 11.1 Å². The molecule has 4 nitrogen and oxygen atoms in total. The molecule has 1 N–H and O–H groups in total. The van der Waals surface area contributed by atoms with Crippen LogP contribution < -0.4 is 10.4 Å². The Kier molecular flexibility index (Phi) is 3.36. The van der Waals surface area contributed by atoms with Crippen LogP contribution in [0.25, 0.3) is 0 Å². The number of benzene rings is 1. The van der Waals surface area contributed by atoms with Gasteiger partial charge in [0.05, 0.1) is 17.5 Å². The molecule has 0 aliphatic carbocycles. The van der Waals surface area contributed by atoms with Gasteiger partial charge in [0.15, 0.2) is 0 Å². The molecule has 1 aliphatic heterocycles. The molecule has 0 saturated carbocycles. The lowest BCUT2D eigenvalue weighted by Gasteiger charge is -2.21. The topological polar surface area (TPSA) is 55.4 Å². The third-order valence-electron chi connectivity index (χ3n) is 3.27. The lowest BCUT2D eigenvalue weighted by atomic mass is 9.85. The largest absolute Gasteiger partial charge is 0.327 e. The maximum absolute atomic E-state index is 12.7. The van der Waals surface area contributed by atoms with Crippen molar-refractivity contribution in [3.05, 3.63) is 28.8 Å². The lowest BCUT2D eigenvalue weighted by Crippen LogP contribution is -2.18. The molecular formula is C14H20NO3P. The van der Waals surface area contributed by atoms with Crippen molar-refractivity contribution >= 4 is 18.7 Å². The number of hydrogen-bond donors (Lipinski definition) is 1. The second-order valence-electron chi connectivity index (χ2n) is 5.85. The van der Waals surface area contributed by atoms with Crippen molar-refractivity contribution in [3.8, 4) is 0 Å². The quantitative estimate of drug-likeness (QED) is 0.848. The molecular weight excluding hydrogens is 261 g/mol. The van der Waals surface area contributed by atoms with Gasteiger partial charge in [0, 0.05) is 0 Å². The predicted molar refractivity (Wildman–Crippen MR) is 76.2 cm³/mol. The average molecular weight is 281 g/mol. The predicted octanol–water partition coefficient (Wildman–Crippen LogP) is 2.89. The van der Waals surface area contributed by atoms with Crippen LogP contribution in [0.3, 0.4) is 0 Å². The summed E-state index contributed by atoms with van der Waals surface area (Å²) in [6.07, 6.45) is 0. The molecule has 0 bridgehead atoms. The minimum atomic E-state index is -3.23. The first-order valence-electron chi connectivity index (χ1n) is 6.42. The van der Waals surface area contributed by atoms with E-state index in [-0.39, 0.29) is 11.3 Å². The van der Waals surface area contributed by atoms with E-state index in [1.807, 2.05) is 19.1 Å². The zero-order valence-corrected chi connectivity index (χ0v) is 12.9. The van der Waals surface area contributed by atoms with E-state index in [2.05, 4.69) is 25.9 Å². The highest BCUT2D eigenvalue weighted by Gasteiger charge is 2.41. The highest BCUT2D eigenvalue weighted by Crippen LogP contribution is 2.48. The van der Waals surface area contributed by atoms with Gasteiger partial charge in [-0.3, -0.25) is 14.4 Å². The normalized spacial score (nSPS) is 22.3. The zero-order chi connectivity index (χ0) is 14.4. The van der Waals surface area contributed by atoms with Crippen molar-refractivity contribution in [1.82, 2.24) is 5.09 Å². The summed E-state index contributed by atoms with van der Waals surface area (Å²) >= 11 is 0. The standard InChI is InChI=1S/C14H20NO3P/c1-6-18-19(17)12-9(2)7-10(14(3,4)5)8-11(12)13(16)15-19/h7-8H,6H2,1-5H3,(H,15,16,17). The second kappa shape index (κ2) is 4.46. The van der Waals surface area contributed by atoms with Crippen LogP contribution >= 0.6 is 7.52 Å². The van der Waals surface area contributed by atoms with Crippen molar-refractivity contribution in [2.24, 2.45) is 0 Å². The minimum absolute atomic E-state index is 0.0573. The van der Waals surface area contributed by atoms with Gasteiger partial charge in [-0.15, -0.1) is 0 Å². The number of aryl methyl sites for hydroxylation is 1. The molecule has 0 saturated heterocycles. The Morgan fingerprint density at radius 2 is 1.95 bits per heavy atom. The molecule has 1 unspecified atom stereocenters. The molecule has 1 atom stereocenters. The molecule has 0 fully saturated rings. The number of carbonyl (C=O) groups excluding carboxylic acids is 1. The molecule has 1 aromatic carbocycles. The molecule has 0 radical (unpaired) electrons. The summed E-state index contributed by atoms with van der Waals surface area (Å²) in [6.45, 7) is 10.2. The van der Waals surface area contributed by atoms with E-state index in [4.69, 9.17) is 4.52 Å². The summed E-state index contributed by atoms with van der Waals surface area (Å²) in [5, 5.41) is 3.05. The van der Waals surface area contributed by atoms with Gasteiger partial charge in [0.1, 0.15) is 0 Å². The van der Waals surface area contributed by atoms with Gasteiger partial charge in [0.2, 0.25) is 0 Å². The summed E-state index contributed by atoms with van der Waals surface area (Å²) in [5.41, 5.74) is 2.33. The van der Waals surface area contributed by atoms with E-state index in [9.17, 15) is 9.36 Å². The summed E-state index contributed by atoms with van der Waals surface area (Å²) in [7, 11) is -3.23. The van der Waals surface area contributed by atoms with Crippen LogP contribution in [-0.4, -0.2) is 12.5 Å². The Morgan fingerprint density at radius 3 is 2.47 bits per heavy atom. The molecule has 104 valence electrons. The Labute approximate surface area is 114 Å². The Morgan fingerprint density at radius 1 is 1.32 bits per heavy atom. The third kappa shape index (κ3) is 2.35. The summed E-state index contributed by atoms with van der Waals surface area (Å²) < 4.78 is 18.0. The molecule has 2 rings (SSSR count). The number of rotatable bonds is 2. The van der Waals surface area contributed by atoms with Crippen LogP contribution in [0.2, 0.25) is 0 Å². The average Bonchev–Trinajstić information content (AvgIpc) is 2.50. The molecule has 1 aromatic rings. The fraction of sp³-hybridized carbons (Fsp3) is 0.500. The zero-order valence-electron chi connectivity index (χ0n) is 12.0. The molecule has 0 aromatic heterocycles. The maximum atomic E-state index is 12.7. The number of nitrogens with one attached hydrogen (secondary N) is 1. The number of fused-ring (bicyclic) bond motifs is 1. The van der Waals surface area contributed by atoms with E-state index >= 15 is 0 Å². The Hall–Kier alpha value is -1.12. The highest BCUT2D eigenvalue weighted by atomic mass is 31.2. The molecule has 1 heterocycles. The Bertz CT molecular complexity index is 587. The van der Waals surface area contributed by atoms with Gasteiger partial charge in [0.25, 0.3) is 5.91 Å². The molecule has 1 aliphatic rings. The fourth-order valence-electron chi connectivity index (χ4n) is 2.30. The van der Waals surface area contributed by atoms with Crippen molar-refractivity contribution in [3.63, 3.8) is 0 Å². The minimum Gasteiger partial charge on any atom is -0.310 e. The van der Waals surface area contributed by atoms with Gasteiger partial charge in [-0.05, 0) is 36.5 Å². The van der Waals surface area contributed by atoms with E-state index in [1.165, 1.54) is 0 Å². The van der Waals surface area contributed by atoms with Crippen LogP contribution in [0.5, 0.6) is 0 Å². The van der Waals surface area contributed by atoms with Gasteiger partial charge in [-0.1, -0.05) is 26.8 Å². The highest BCUT2D eigenvalue weighted by molar-refractivity contribution is 7.67. The summed E-state index contributed by atoms with van der Waals surface area (Å²) in [5.74, 6) is -0.305. The van der Waals surface area contributed by atoms with E-state index < -0.39 is 7.52 Å². The van der Waals surface area contributed by atoms with E-state index in [0.29, 0.717) is 17.5 Å². The molecule has 19 heavy (non-hydrogen) atoms. The molecule has 0 spiro atoms. The smallest absolute Gasteiger partial charge is 0.310 e. The third-order valence-corrected chi connectivity index (χ3v) is 5.57. The van der Waals surface area contributed by atoms with Crippen LogP contribution in [0.15, 0.2) is 12.1 Å². The van der Waals surface area contributed by atoms with Crippen molar-refractivity contribution in [2.45, 2.75) is 40.0 Å². The summed E-state index contributed by atoms with van der Waals surface area (Å²) in [4.78, 5) is 12.0. The first-order chi connectivity index (χ1) is 8.69. The maximum Gasteiger partial charge on any atom is 0.327 e. The SMILES string of the molecule is CCOP1(=O)NC(=O)c2cc(C(C)(C)C)cc(C)c21. The number of carbonyl (C=O) groups is 1. The van der Waals surface area contributed by atoms with Gasteiger partial charge in [-0.25, -0.2) is 0 Å². The first-order valence-corrected chi connectivity index (χ1v) is 8.04. The fourth-order valence-corrected chi connectivity index (χ4v) is 4.37. The van der Waals surface area contributed by atoms with Gasteiger partial charge < -0.3 is 4.52 Å². The monoisotopic (exact) mass is 281 g/mol. The van der Waals surface area contributed by atoms with Crippen LogP contribution in [0.1, 0.15) is 49.2 Å². The van der Waals surface area contributed by atoms with Crippen LogP contribution in [-0.2, 0) is 14.5 Å². The lowest BCUT2D eigenvalue weighted by molar-refractivity contribution is 0.0982. The van der Waals surface area contributed by atoms with Crippen molar-refractivity contribution < 1.29 is 13.9 Å². The van der Waals surface area contributed by atoms with E-state index in [1.54, 1.807) is 6.92 Å². The Balaban J connectivity index is 2.66. The first kappa shape index (κ1) is 14.3. The number of amides is 1. The van der Waals surface area contributed by atoms with Crippen LogP contribution in [0.4, 0.5) is 0 Å².